The molecule has 2 N–H and O–H groups in total. The SMILES string of the molecule is CSCCC(N)C(=O)N=C=O. The second kappa shape index (κ2) is 6.09. The van der Waals surface area contributed by atoms with Crippen LogP contribution in [0.5, 0.6) is 0 Å². The highest BCUT2D eigenvalue weighted by atomic mass is 32.2. The third-order valence-electron chi connectivity index (χ3n) is 1.11. The Labute approximate surface area is 69.2 Å². The minimum atomic E-state index is -0.649. The summed E-state index contributed by atoms with van der Waals surface area (Å²) in [7, 11) is 0. The standard InChI is InChI=1S/C6H10N2O2S/c1-11-3-2-5(7)6(10)8-4-9/h5H,2-3,7H2,1H3. The molecule has 0 heterocycles. The zero-order chi connectivity index (χ0) is 8.69. The number of rotatable bonds is 4. The van der Waals surface area contributed by atoms with Gasteiger partial charge in [0.2, 0.25) is 6.08 Å². The molecule has 0 saturated heterocycles. The zero-order valence-electron chi connectivity index (χ0n) is 6.24. The van der Waals surface area contributed by atoms with Crippen LogP contribution < -0.4 is 5.73 Å². The molecule has 11 heavy (non-hydrogen) atoms. The van der Waals surface area contributed by atoms with Crippen LogP contribution in [0.1, 0.15) is 6.42 Å². The molecule has 0 rings (SSSR count). The average Bonchev–Trinajstić information content (AvgIpc) is 2.00. The molecular formula is C6H10N2O2S. The van der Waals surface area contributed by atoms with E-state index in [0.717, 1.165) is 11.8 Å². The lowest BCUT2D eigenvalue weighted by atomic mass is 10.2. The van der Waals surface area contributed by atoms with Crippen molar-refractivity contribution in [3.8, 4) is 0 Å². The molecule has 1 unspecified atom stereocenters. The zero-order valence-corrected chi connectivity index (χ0v) is 7.06. The number of hydrogen-bond acceptors (Lipinski definition) is 4. The van der Waals surface area contributed by atoms with E-state index in [9.17, 15) is 9.59 Å². The number of hydrogen-bond donors (Lipinski definition) is 1. The number of aliphatic imine (C=N–C) groups is 1. The fourth-order valence-corrected chi connectivity index (χ4v) is 0.986. The molecule has 0 aliphatic heterocycles. The first-order valence-corrected chi connectivity index (χ1v) is 4.48. The molecule has 0 aliphatic rings. The van der Waals surface area contributed by atoms with E-state index in [2.05, 4.69) is 4.99 Å². The summed E-state index contributed by atoms with van der Waals surface area (Å²) in [6, 6.07) is -0.649. The van der Waals surface area contributed by atoms with Gasteiger partial charge in [0.05, 0.1) is 6.04 Å². The lowest BCUT2D eigenvalue weighted by molar-refractivity contribution is -0.119. The van der Waals surface area contributed by atoms with Gasteiger partial charge >= 0.3 is 0 Å². The molecule has 5 heteroatoms. The normalized spacial score (nSPS) is 11.8. The van der Waals surface area contributed by atoms with Crippen LogP contribution >= 0.6 is 11.8 Å². The predicted octanol–water partition coefficient (Wildman–Crippen LogP) is -0.0708. The van der Waals surface area contributed by atoms with Gasteiger partial charge in [-0.05, 0) is 18.4 Å². The van der Waals surface area contributed by atoms with E-state index in [0.29, 0.717) is 6.42 Å². The molecule has 0 aromatic carbocycles. The summed E-state index contributed by atoms with van der Waals surface area (Å²) < 4.78 is 0. The fourth-order valence-electron chi connectivity index (χ4n) is 0.496. The highest BCUT2D eigenvalue weighted by Crippen LogP contribution is 1.99. The number of carbonyl (C=O) groups excluding carboxylic acids is 2. The Bertz CT molecular complexity index is 177. The van der Waals surface area contributed by atoms with Crippen LogP contribution in [0.4, 0.5) is 0 Å². The van der Waals surface area contributed by atoms with Crippen LogP contribution in [0.2, 0.25) is 0 Å². The van der Waals surface area contributed by atoms with E-state index >= 15 is 0 Å². The minimum absolute atomic E-state index is 0.547. The van der Waals surface area contributed by atoms with Crippen molar-refractivity contribution in [1.82, 2.24) is 0 Å². The van der Waals surface area contributed by atoms with Gasteiger partial charge in [-0.15, -0.1) is 4.99 Å². The molecule has 0 fully saturated rings. The molecule has 1 atom stereocenters. The monoisotopic (exact) mass is 174 g/mol. The van der Waals surface area contributed by atoms with Crippen LogP contribution in [0.15, 0.2) is 4.99 Å². The Morgan fingerprint density at radius 3 is 2.91 bits per heavy atom. The summed E-state index contributed by atoms with van der Waals surface area (Å²) in [5.41, 5.74) is 5.35. The Morgan fingerprint density at radius 1 is 1.82 bits per heavy atom. The van der Waals surface area contributed by atoms with Gasteiger partial charge < -0.3 is 5.73 Å². The molecule has 0 spiro atoms. The molecule has 0 bridgehead atoms. The van der Waals surface area contributed by atoms with Crippen molar-refractivity contribution in [2.24, 2.45) is 10.7 Å². The highest BCUT2D eigenvalue weighted by molar-refractivity contribution is 7.98. The number of nitrogens with zero attached hydrogens (tertiary/aromatic N) is 1. The van der Waals surface area contributed by atoms with Gasteiger partial charge in [-0.1, -0.05) is 0 Å². The van der Waals surface area contributed by atoms with E-state index in [4.69, 9.17) is 5.73 Å². The molecule has 1 amide bonds. The number of isocyanates is 1. The lowest BCUT2D eigenvalue weighted by Gasteiger charge is -2.02. The summed E-state index contributed by atoms with van der Waals surface area (Å²) in [4.78, 5) is 23.2. The maximum absolute atomic E-state index is 10.7. The van der Waals surface area contributed by atoms with E-state index in [1.54, 1.807) is 11.8 Å². The third-order valence-corrected chi connectivity index (χ3v) is 1.75. The summed E-state index contributed by atoms with van der Waals surface area (Å²) in [6.45, 7) is 0. The van der Waals surface area contributed by atoms with Gasteiger partial charge in [-0.3, -0.25) is 4.79 Å². The number of carbonyl (C=O) groups is 1. The second-order valence-electron chi connectivity index (χ2n) is 1.93. The third kappa shape index (κ3) is 4.72. The molecule has 0 aromatic heterocycles. The number of nitrogens with two attached hydrogens (primary N) is 1. The van der Waals surface area contributed by atoms with Crippen molar-refractivity contribution in [1.29, 1.82) is 0 Å². The van der Waals surface area contributed by atoms with Crippen LogP contribution in [0.3, 0.4) is 0 Å². The molecule has 4 nitrogen and oxygen atoms in total. The van der Waals surface area contributed by atoms with Crippen LogP contribution in [0.25, 0.3) is 0 Å². The quantitative estimate of drug-likeness (QED) is 0.478. The average molecular weight is 174 g/mol. The van der Waals surface area contributed by atoms with Crippen molar-refractivity contribution < 1.29 is 9.59 Å². The Balaban J connectivity index is 3.73. The van der Waals surface area contributed by atoms with Gasteiger partial charge in [0, 0.05) is 0 Å². The second-order valence-corrected chi connectivity index (χ2v) is 2.91. The van der Waals surface area contributed by atoms with Crippen LogP contribution in [-0.2, 0) is 9.59 Å². The molecule has 0 aromatic rings. The molecule has 0 aliphatic carbocycles. The van der Waals surface area contributed by atoms with Crippen molar-refractivity contribution >= 4 is 23.7 Å². The largest absolute Gasteiger partial charge is 0.320 e. The molecule has 0 radical (unpaired) electrons. The van der Waals surface area contributed by atoms with Crippen LogP contribution in [0, 0.1) is 0 Å². The fraction of sp³-hybridized carbons (Fsp3) is 0.667. The summed E-state index contributed by atoms with van der Waals surface area (Å²) in [5, 5.41) is 0. The van der Waals surface area contributed by atoms with Crippen molar-refractivity contribution in [2.75, 3.05) is 12.0 Å². The first-order valence-electron chi connectivity index (χ1n) is 3.08. The summed E-state index contributed by atoms with van der Waals surface area (Å²) in [6.07, 6.45) is 3.63. The van der Waals surface area contributed by atoms with Crippen LogP contribution in [-0.4, -0.2) is 30.0 Å². The van der Waals surface area contributed by atoms with Gasteiger partial charge in [-0.25, -0.2) is 4.79 Å². The summed E-state index contributed by atoms with van der Waals surface area (Å²) in [5.74, 6) is 0.204. The molecule has 0 saturated carbocycles. The van der Waals surface area contributed by atoms with Gasteiger partial charge in [0.25, 0.3) is 5.91 Å². The summed E-state index contributed by atoms with van der Waals surface area (Å²) >= 11 is 1.59. The van der Waals surface area contributed by atoms with Gasteiger partial charge in [-0.2, -0.15) is 11.8 Å². The van der Waals surface area contributed by atoms with Gasteiger partial charge in [0.15, 0.2) is 0 Å². The van der Waals surface area contributed by atoms with Crippen molar-refractivity contribution in [3.63, 3.8) is 0 Å². The number of amides is 1. The Kier molecular flexibility index (Phi) is 5.74. The Morgan fingerprint density at radius 2 is 2.45 bits per heavy atom. The minimum Gasteiger partial charge on any atom is -0.320 e. The predicted molar refractivity (Wildman–Crippen MR) is 44.1 cm³/mol. The van der Waals surface area contributed by atoms with E-state index in [1.165, 1.54) is 0 Å². The topological polar surface area (TPSA) is 72.5 Å². The maximum atomic E-state index is 10.7. The first kappa shape index (κ1) is 10.4. The van der Waals surface area contributed by atoms with Crippen molar-refractivity contribution in [2.45, 2.75) is 12.5 Å². The van der Waals surface area contributed by atoms with E-state index in [1.807, 2.05) is 6.26 Å². The van der Waals surface area contributed by atoms with Crippen molar-refractivity contribution in [3.05, 3.63) is 0 Å². The van der Waals surface area contributed by atoms with Gasteiger partial charge in [0.1, 0.15) is 0 Å². The molecule has 62 valence electrons. The highest BCUT2D eigenvalue weighted by Gasteiger charge is 2.10. The lowest BCUT2D eigenvalue weighted by Crippen LogP contribution is -2.29. The maximum Gasteiger partial charge on any atom is 0.273 e. The number of thioether (sulfide) groups is 1. The first-order chi connectivity index (χ1) is 5.22. The van der Waals surface area contributed by atoms with E-state index < -0.39 is 11.9 Å². The van der Waals surface area contributed by atoms with E-state index in [-0.39, 0.29) is 0 Å². The Hall–Kier alpha value is -0.640. The smallest absolute Gasteiger partial charge is 0.273 e. The molecular weight excluding hydrogens is 164 g/mol.